The number of fused-ring (bicyclic) bond motifs is 2. The first-order chi connectivity index (χ1) is 9.53. The van der Waals surface area contributed by atoms with Gasteiger partial charge in [-0.1, -0.05) is 36.8 Å². The molecule has 0 spiro atoms. The van der Waals surface area contributed by atoms with Crippen molar-refractivity contribution in [2.75, 3.05) is 0 Å². The Kier molecular flexibility index (Phi) is 3.87. The van der Waals surface area contributed by atoms with Crippen molar-refractivity contribution in [3.05, 3.63) is 35.9 Å². The highest BCUT2D eigenvalue weighted by molar-refractivity contribution is 7.88. The number of benzene rings is 1. The highest BCUT2D eigenvalue weighted by atomic mass is 32.2. The molecule has 2 fully saturated rings. The van der Waals surface area contributed by atoms with Crippen LogP contribution in [0, 0.1) is 17.8 Å². The summed E-state index contributed by atoms with van der Waals surface area (Å²) in [6.07, 6.45) is 5.17. The average molecular weight is 293 g/mol. The zero-order valence-corrected chi connectivity index (χ0v) is 12.8. The predicted octanol–water partition coefficient (Wildman–Crippen LogP) is 2.93. The second-order valence-corrected chi connectivity index (χ2v) is 8.24. The molecule has 4 heteroatoms. The number of rotatable bonds is 5. The van der Waals surface area contributed by atoms with Crippen LogP contribution in [0.2, 0.25) is 0 Å². The summed E-state index contributed by atoms with van der Waals surface area (Å²) in [6, 6.07) is 9.46. The van der Waals surface area contributed by atoms with Crippen molar-refractivity contribution in [2.45, 2.75) is 44.4 Å². The van der Waals surface area contributed by atoms with E-state index in [1.165, 1.54) is 25.7 Å². The fourth-order valence-electron chi connectivity index (χ4n) is 4.11. The van der Waals surface area contributed by atoms with Gasteiger partial charge in [-0.05, 0) is 49.5 Å². The van der Waals surface area contributed by atoms with E-state index < -0.39 is 10.0 Å². The molecule has 0 saturated heterocycles. The average Bonchev–Trinajstić information content (AvgIpc) is 3.01. The third kappa shape index (κ3) is 3.07. The first-order valence-corrected chi connectivity index (χ1v) is 9.22. The van der Waals surface area contributed by atoms with Gasteiger partial charge in [0.2, 0.25) is 10.0 Å². The summed E-state index contributed by atoms with van der Waals surface area (Å²) in [7, 11) is -3.24. The second-order valence-electron chi connectivity index (χ2n) is 6.49. The van der Waals surface area contributed by atoms with E-state index in [-0.39, 0.29) is 11.8 Å². The minimum Gasteiger partial charge on any atom is -0.212 e. The maximum Gasteiger partial charge on any atom is 0.216 e. The van der Waals surface area contributed by atoms with Gasteiger partial charge in [-0.2, -0.15) is 0 Å². The number of nitrogens with one attached hydrogen (secondary N) is 1. The largest absolute Gasteiger partial charge is 0.216 e. The summed E-state index contributed by atoms with van der Waals surface area (Å²) in [4.78, 5) is 0. The van der Waals surface area contributed by atoms with Gasteiger partial charge in [0.05, 0.1) is 5.75 Å². The number of hydrogen-bond donors (Lipinski definition) is 1. The SMILES string of the molecule is C[C@H](NS(=O)(=O)Cc1ccccc1)[C@H]1C[C@H]2CC[C@H]1C2. The molecular weight excluding hydrogens is 270 g/mol. The predicted molar refractivity (Wildman–Crippen MR) is 80.6 cm³/mol. The molecule has 0 unspecified atom stereocenters. The summed E-state index contributed by atoms with van der Waals surface area (Å²) in [6.45, 7) is 2.04. The fourth-order valence-corrected chi connectivity index (χ4v) is 5.57. The lowest BCUT2D eigenvalue weighted by Gasteiger charge is -2.28. The van der Waals surface area contributed by atoms with Crippen molar-refractivity contribution in [3.63, 3.8) is 0 Å². The van der Waals surface area contributed by atoms with Crippen molar-refractivity contribution >= 4 is 10.0 Å². The Balaban J connectivity index is 1.61. The number of hydrogen-bond acceptors (Lipinski definition) is 2. The first kappa shape index (κ1) is 14.1. The summed E-state index contributed by atoms with van der Waals surface area (Å²) in [5.41, 5.74) is 0.847. The summed E-state index contributed by atoms with van der Waals surface area (Å²) in [5, 5.41) is 0. The van der Waals surface area contributed by atoms with E-state index in [2.05, 4.69) is 4.72 Å². The highest BCUT2D eigenvalue weighted by Crippen LogP contribution is 2.49. The maximum atomic E-state index is 12.3. The number of sulfonamides is 1. The lowest BCUT2D eigenvalue weighted by Crippen LogP contribution is -2.40. The Morgan fingerprint density at radius 3 is 2.55 bits per heavy atom. The van der Waals surface area contributed by atoms with Crippen molar-refractivity contribution in [2.24, 2.45) is 17.8 Å². The minimum absolute atomic E-state index is 0.0685. The van der Waals surface area contributed by atoms with Gasteiger partial charge in [-0.25, -0.2) is 13.1 Å². The molecular formula is C16H23NO2S. The van der Waals surface area contributed by atoms with E-state index in [1.807, 2.05) is 37.3 Å². The molecule has 1 N–H and O–H groups in total. The van der Waals surface area contributed by atoms with Gasteiger partial charge < -0.3 is 0 Å². The lowest BCUT2D eigenvalue weighted by molar-refractivity contribution is 0.280. The molecule has 0 aliphatic heterocycles. The quantitative estimate of drug-likeness (QED) is 0.907. The second kappa shape index (κ2) is 5.49. The Morgan fingerprint density at radius 2 is 1.95 bits per heavy atom. The van der Waals surface area contributed by atoms with Crippen LogP contribution in [0.3, 0.4) is 0 Å². The highest BCUT2D eigenvalue weighted by Gasteiger charge is 2.42. The normalized spacial score (nSPS) is 30.6. The van der Waals surface area contributed by atoms with Gasteiger partial charge in [-0.15, -0.1) is 0 Å². The third-order valence-corrected chi connectivity index (χ3v) is 6.44. The molecule has 1 aromatic carbocycles. The van der Waals surface area contributed by atoms with E-state index in [0.717, 1.165) is 17.4 Å². The molecule has 20 heavy (non-hydrogen) atoms. The van der Waals surface area contributed by atoms with E-state index in [4.69, 9.17) is 0 Å². The standard InChI is InChI=1S/C16H23NO2S/c1-12(16-10-14-7-8-15(16)9-14)17-20(18,19)11-13-5-3-2-4-6-13/h2-6,12,14-17H,7-11H2,1H3/t12-,14-,15-,16+/m0/s1. The molecule has 2 bridgehead atoms. The van der Waals surface area contributed by atoms with Crippen molar-refractivity contribution < 1.29 is 8.42 Å². The van der Waals surface area contributed by atoms with Crippen molar-refractivity contribution in [1.29, 1.82) is 0 Å². The van der Waals surface area contributed by atoms with Gasteiger partial charge in [-0.3, -0.25) is 0 Å². The van der Waals surface area contributed by atoms with Crippen molar-refractivity contribution in [3.8, 4) is 0 Å². The summed E-state index contributed by atoms with van der Waals surface area (Å²) in [5.74, 6) is 2.22. The van der Waals surface area contributed by atoms with Crippen LogP contribution < -0.4 is 4.72 Å². The van der Waals surface area contributed by atoms with Crippen LogP contribution in [-0.2, 0) is 15.8 Å². The van der Waals surface area contributed by atoms with Gasteiger partial charge in [0.15, 0.2) is 0 Å². The van der Waals surface area contributed by atoms with Gasteiger partial charge in [0.25, 0.3) is 0 Å². The van der Waals surface area contributed by atoms with Crippen LogP contribution in [-0.4, -0.2) is 14.5 Å². The molecule has 0 radical (unpaired) electrons. The van der Waals surface area contributed by atoms with Crippen LogP contribution in [0.5, 0.6) is 0 Å². The zero-order chi connectivity index (χ0) is 14.2. The van der Waals surface area contributed by atoms with Crippen LogP contribution in [0.4, 0.5) is 0 Å². The Hall–Kier alpha value is -0.870. The molecule has 2 aliphatic rings. The monoisotopic (exact) mass is 293 g/mol. The molecule has 3 nitrogen and oxygen atoms in total. The molecule has 0 amide bonds. The molecule has 4 atom stereocenters. The fraction of sp³-hybridized carbons (Fsp3) is 0.625. The Morgan fingerprint density at radius 1 is 1.20 bits per heavy atom. The van der Waals surface area contributed by atoms with E-state index >= 15 is 0 Å². The molecule has 0 aromatic heterocycles. The summed E-state index contributed by atoms with van der Waals surface area (Å²) < 4.78 is 27.4. The molecule has 110 valence electrons. The van der Waals surface area contributed by atoms with Crippen LogP contribution in [0.15, 0.2) is 30.3 Å². The van der Waals surface area contributed by atoms with Crippen LogP contribution in [0.1, 0.15) is 38.2 Å². The van der Waals surface area contributed by atoms with E-state index in [9.17, 15) is 8.42 Å². The zero-order valence-electron chi connectivity index (χ0n) is 12.0. The molecule has 2 saturated carbocycles. The van der Waals surface area contributed by atoms with Crippen LogP contribution in [0.25, 0.3) is 0 Å². The molecule has 2 aliphatic carbocycles. The van der Waals surface area contributed by atoms with Gasteiger partial charge in [0, 0.05) is 6.04 Å². The van der Waals surface area contributed by atoms with Crippen molar-refractivity contribution in [1.82, 2.24) is 4.72 Å². The van der Waals surface area contributed by atoms with Crippen LogP contribution >= 0.6 is 0 Å². The Labute approximate surface area is 121 Å². The lowest BCUT2D eigenvalue weighted by atomic mass is 9.84. The topological polar surface area (TPSA) is 46.2 Å². The van der Waals surface area contributed by atoms with E-state index in [1.54, 1.807) is 0 Å². The molecule has 0 heterocycles. The third-order valence-electron chi connectivity index (χ3n) is 5.00. The maximum absolute atomic E-state index is 12.3. The molecule has 1 aromatic rings. The van der Waals surface area contributed by atoms with E-state index in [0.29, 0.717) is 5.92 Å². The first-order valence-electron chi connectivity index (χ1n) is 7.57. The van der Waals surface area contributed by atoms with Gasteiger partial charge in [0.1, 0.15) is 0 Å². The summed E-state index contributed by atoms with van der Waals surface area (Å²) >= 11 is 0. The Bertz CT molecular complexity index is 555. The smallest absolute Gasteiger partial charge is 0.212 e. The van der Waals surface area contributed by atoms with Gasteiger partial charge >= 0.3 is 0 Å². The minimum atomic E-state index is -3.24. The molecule has 3 rings (SSSR count).